The highest BCUT2D eigenvalue weighted by Gasteiger charge is 2.20. The van der Waals surface area contributed by atoms with Gasteiger partial charge in [0.2, 0.25) is 11.1 Å². The molecule has 0 saturated heterocycles. The number of rotatable bonds is 4. The topological polar surface area (TPSA) is 61.2 Å². The van der Waals surface area contributed by atoms with Crippen LogP contribution in [-0.2, 0) is 4.74 Å². The van der Waals surface area contributed by atoms with Gasteiger partial charge in [-0.25, -0.2) is 9.48 Å². The molecule has 0 aliphatic heterocycles. The van der Waals surface area contributed by atoms with E-state index in [0.29, 0.717) is 23.2 Å². The van der Waals surface area contributed by atoms with Crippen LogP contribution in [0.15, 0.2) is 35.1 Å². The van der Waals surface area contributed by atoms with E-state index in [0.717, 1.165) is 18.5 Å². The first kappa shape index (κ1) is 17.7. The van der Waals surface area contributed by atoms with Gasteiger partial charge in [0.1, 0.15) is 0 Å². The molecule has 1 fully saturated rings. The average molecular weight is 361 g/mol. The smallest absolute Gasteiger partial charge is 0.362 e. The molecule has 0 spiro atoms. The normalized spacial score (nSPS) is 15.1. The Balaban J connectivity index is 1.80. The van der Waals surface area contributed by atoms with Crippen LogP contribution in [0, 0.1) is 12.8 Å². The number of aromatic nitrogens is 2. The third-order valence-electron chi connectivity index (χ3n) is 4.55. The fourth-order valence-corrected chi connectivity index (χ4v) is 3.27. The molecule has 0 unspecified atom stereocenters. The van der Waals surface area contributed by atoms with Gasteiger partial charge in [0.05, 0.1) is 12.3 Å². The van der Waals surface area contributed by atoms with E-state index in [1.165, 1.54) is 25.3 Å². The number of carbonyl (C=O) groups excluding carboxylic acids is 1. The first-order valence-electron chi connectivity index (χ1n) is 8.58. The van der Waals surface area contributed by atoms with Crippen LogP contribution in [0.2, 0.25) is 5.02 Å². The second kappa shape index (κ2) is 7.83. The summed E-state index contributed by atoms with van der Waals surface area (Å²) in [5, 5.41) is 4.83. The highest BCUT2D eigenvalue weighted by Crippen LogP contribution is 2.23. The third kappa shape index (κ3) is 4.28. The molecule has 2 aromatic rings. The molecule has 1 saturated carbocycles. The Kier molecular flexibility index (Phi) is 5.53. The summed E-state index contributed by atoms with van der Waals surface area (Å²) in [5.74, 6) is -0.264. The molecule has 1 heterocycles. The Morgan fingerprint density at radius 1 is 1.24 bits per heavy atom. The minimum atomic E-state index is -0.654. The fraction of sp³-hybridized carbons (Fsp3) is 0.421. The van der Waals surface area contributed by atoms with Gasteiger partial charge in [-0.1, -0.05) is 30.9 Å². The van der Waals surface area contributed by atoms with E-state index in [1.54, 1.807) is 35.9 Å². The largest absolute Gasteiger partial charge is 0.461 e. The summed E-state index contributed by atoms with van der Waals surface area (Å²) < 4.78 is 6.91. The standard InChI is InChI=1S/C19H21ClN2O3/c1-13-11-17(23)18(19(24)25-12-14-5-3-2-4-6-14)21-22(13)16-9-7-15(20)8-10-16/h7-11,14H,2-6,12H2,1H3. The molecular formula is C19H21ClN2O3. The molecule has 1 aliphatic rings. The van der Waals surface area contributed by atoms with Crippen LogP contribution < -0.4 is 5.43 Å². The second-order valence-corrected chi connectivity index (χ2v) is 6.93. The Labute approximate surface area is 151 Å². The maximum Gasteiger partial charge on any atom is 0.362 e. The number of aryl methyl sites for hydroxylation is 1. The Hall–Kier alpha value is -2.14. The molecule has 0 bridgehead atoms. The van der Waals surface area contributed by atoms with Crippen molar-refractivity contribution in [2.75, 3.05) is 6.61 Å². The van der Waals surface area contributed by atoms with Crippen molar-refractivity contribution in [2.24, 2.45) is 5.92 Å². The van der Waals surface area contributed by atoms with Crippen LogP contribution in [0.1, 0.15) is 48.3 Å². The monoisotopic (exact) mass is 360 g/mol. The number of hydrogen-bond acceptors (Lipinski definition) is 4. The summed E-state index contributed by atoms with van der Waals surface area (Å²) in [4.78, 5) is 24.5. The third-order valence-corrected chi connectivity index (χ3v) is 4.80. The fourth-order valence-electron chi connectivity index (χ4n) is 3.15. The predicted molar refractivity (Wildman–Crippen MR) is 96.4 cm³/mol. The molecule has 6 heteroatoms. The highest BCUT2D eigenvalue weighted by molar-refractivity contribution is 6.30. The van der Waals surface area contributed by atoms with Gasteiger partial charge >= 0.3 is 5.97 Å². The lowest BCUT2D eigenvalue weighted by atomic mass is 9.90. The van der Waals surface area contributed by atoms with Gasteiger partial charge in [0.15, 0.2) is 0 Å². The zero-order valence-electron chi connectivity index (χ0n) is 14.2. The lowest BCUT2D eigenvalue weighted by Crippen LogP contribution is -2.26. The summed E-state index contributed by atoms with van der Waals surface area (Å²) in [6, 6.07) is 8.43. The van der Waals surface area contributed by atoms with E-state index in [1.807, 2.05) is 0 Å². The number of halogens is 1. The van der Waals surface area contributed by atoms with Gasteiger partial charge in [0, 0.05) is 16.8 Å². The van der Waals surface area contributed by atoms with Crippen molar-refractivity contribution in [1.82, 2.24) is 9.78 Å². The summed E-state index contributed by atoms with van der Waals surface area (Å²) in [6.07, 6.45) is 5.74. The van der Waals surface area contributed by atoms with Crippen LogP contribution in [-0.4, -0.2) is 22.4 Å². The molecule has 1 aromatic carbocycles. The molecular weight excluding hydrogens is 340 g/mol. The Morgan fingerprint density at radius 2 is 1.92 bits per heavy atom. The first-order chi connectivity index (χ1) is 12.0. The summed E-state index contributed by atoms with van der Waals surface area (Å²) in [6.45, 7) is 2.12. The van der Waals surface area contributed by atoms with E-state index >= 15 is 0 Å². The van der Waals surface area contributed by atoms with Crippen molar-refractivity contribution in [1.29, 1.82) is 0 Å². The van der Waals surface area contributed by atoms with Gasteiger partial charge < -0.3 is 4.74 Å². The van der Waals surface area contributed by atoms with Crippen molar-refractivity contribution in [3.8, 4) is 5.69 Å². The van der Waals surface area contributed by atoms with Crippen LogP contribution in [0.25, 0.3) is 5.69 Å². The van der Waals surface area contributed by atoms with Gasteiger partial charge in [-0.15, -0.1) is 0 Å². The molecule has 0 atom stereocenters. The zero-order valence-corrected chi connectivity index (χ0v) is 15.0. The predicted octanol–water partition coefficient (Wildman–Crippen LogP) is 3.93. The second-order valence-electron chi connectivity index (χ2n) is 6.49. The maximum absolute atomic E-state index is 12.3. The van der Waals surface area contributed by atoms with Crippen molar-refractivity contribution >= 4 is 17.6 Å². The first-order valence-corrected chi connectivity index (χ1v) is 8.96. The number of benzene rings is 1. The average Bonchev–Trinajstić information content (AvgIpc) is 2.62. The minimum Gasteiger partial charge on any atom is -0.461 e. The Morgan fingerprint density at radius 3 is 2.60 bits per heavy atom. The SMILES string of the molecule is Cc1cc(=O)c(C(=O)OCC2CCCCC2)nn1-c1ccc(Cl)cc1. The van der Waals surface area contributed by atoms with Gasteiger partial charge in [-0.05, 0) is 49.9 Å². The van der Waals surface area contributed by atoms with Crippen molar-refractivity contribution < 1.29 is 9.53 Å². The van der Waals surface area contributed by atoms with E-state index in [9.17, 15) is 9.59 Å². The van der Waals surface area contributed by atoms with Crippen LogP contribution in [0.3, 0.4) is 0 Å². The van der Waals surface area contributed by atoms with E-state index in [-0.39, 0.29) is 5.69 Å². The molecule has 0 radical (unpaired) electrons. The number of hydrogen-bond donors (Lipinski definition) is 0. The van der Waals surface area contributed by atoms with Crippen molar-refractivity contribution in [3.63, 3.8) is 0 Å². The number of nitrogens with zero attached hydrogens (tertiary/aromatic N) is 2. The molecule has 0 amide bonds. The quantitative estimate of drug-likeness (QED) is 0.775. The van der Waals surface area contributed by atoms with E-state index in [2.05, 4.69) is 5.10 Å². The minimum absolute atomic E-state index is 0.184. The lowest BCUT2D eigenvalue weighted by molar-refractivity contribution is 0.0399. The van der Waals surface area contributed by atoms with Crippen LogP contribution in [0.4, 0.5) is 0 Å². The van der Waals surface area contributed by atoms with Gasteiger partial charge in [-0.3, -0.25) is 4.79 Å². The van der Waals surface area contributed by atoms with E-state index < -0.39 is 11.4 Å². The Bertz CT molecular complexity index is 808. The molecule has 1 aliphatic carbocycles. The van der Waals surface area contributed by atoms with Crippen molar-refractivity contribution in [2.45, 2.75) is 39.0 Å². The molecule has 25 heavy (non-hydrogen) atoms. The molecule has 1 aromatic heterocycles. The van der Waals surface area contributed by atoms with Crippen LogP contribution >= 0.6 is 11.6 Å². The molecule has 0 N–H and O–H groups in total. The molecule has 5 nitrogen and oxygen atoms in total. The van der Waals surface area contributed by atoms with Crippen LogP contribution in [0.5, 0.6) is 0 Å². The van der Waals surface area contributed by atoms with Gasteiger partial charge in [0.25, 0.3) is 0 Å². The summed E-state index contributed by atoms with van der Waals surface area (Å²) in [5.41, 5.74) is 0.757. The van der Waals surface area contributed by atoms with Gasteiger partial charge in [-0.2, -0.15) is 5.10 Å². The highest BCUT2D eigenvalue weighted by atomic mass is 35.5. The maximum atomic E-state index is 12.3. The number of carbonyl (C=O) groups is 1. The van der Waals surface area contributed by atoms with Crippen molar-refractivity contribution in [3.05, 3.63) is 57.0 Å². The molecule has 132 valence electrons. The number of ether oxygens (including phenoxy) is 1. The summed E-state index contributed by atoms with van der Waals surface area (Å²) in [7, 11) is 0. The van der Waals surface area contributed by atoms with E-state index in [4.69, 9.17) is 16.3 Å². The zero-order chi connectivity index (χ0) is 17.8. The molecule has 3 rings (SSSR count). The number of esters is 1. The lowest BCUT2D eigenvalue weighted by Gasteiger charge is -2.20. The summed E-state index contributed by atoms with van der Waals surface area (Å²) >= 11 is 5.91.